The summed E-state index contributed by atoms with van der Waals surface area (Å²) >= 11 is 0. The standard InChI is InChI=1S/C11H17NO2.H3O4P/c1-3-12(4-2)8-9-7-10(13)5-6-11(9)14;1-5(2,3)4/h5-7,13-14H,3-4,8H2,1-2H3;(H3,1,2,3,4). The fourth-order valence-corrected chi connectivity index (χ4v) is 1.48. The lowest BCUT2D eigenvalue weighted by molar-refractivity contribution is -0.910. The number of hydrogen-bond donors (Lipinski definition) is 5. The molecule has 8 heteroatoms. The zero-order chi connectivity index (χ0) is 15.1. The van der Waals surface area contributed by atoms with E-state index in [0.29, 0.717) is 0 Å². The summed E-state index contributed by atoms with van der Waals surface area (Å²) in [6.45, 7) is 7.02. The van der Waals surface area contributed by atoms with E-state index in [1.165, 1.54) is 17.0 Å². The molecule has 0 spiro atoms. The highest BCUT2D eigenvalue weighted by molar-refractivity contribution is 7.43. The van der Waals surface area contributed by atoms with Crippen molar-refractivity contribution in [1.82, 2.24) is 0 Å². The number of nitrogens with one attached hydrogen (secondary N) is 1. The normalized spacial score (nSPS) is 11.1. The minimum Gasteiger partial charge on any atom is -0.756 e. The Kier molecular flexibility index (Phi) is 7.66. The number of phenolic OH excluding ortho intramolecular Hbond substituents is 2. The Hall–Kier alpha value is -1.11. The van der Waals surface area contributed by atoms with Gasteiger partial charge in [-0.1, -0.05) is 0 Å². The monoisotopic (exact) mass is 293 g/mol. The highest BCUT2D eigenvalue weighted by Crippen LogP contribution is 2.21. The van der Waals surface area contributed by atoms with Crippen LogP contribution in [-0.2, 0) is 11.1 Å². The van der Waals surface area contributed by atoms with Crippen molar-refractivity contribution in [2.45, 2.75) is 20.4 Å². The Balaban J connectivity index is 0.000000555. The van der Waals surface area contributed by atoms with Crippen LogP contribution in [0.25, 0.3) is 0 Å². The molecule has 1 aromatic carbocycles. The lowest BCUT2D eigenvalue weighted by Gasteiger charge is -2.16. The highest BCUT2D eigenvalue weighted by atomic mass is 31.2. The van der Waals surface area contributed by atoms with Gasteiger partial charge in [-0.05, 0) is 32.0 Å². The maximum Gasteiger partial charge on any atom is 0.262 e. The Morgan fingerprint density at radius 3 is 2.11 bits per heavy atom. The Labute approximate surface area is 112 Å². The molecule has 1 aromatic rings. The SMILES string of the molecule is CC[NH+](CC)Cc1cc(O)ccc1O.O=P([O-])(O)O. The van der Waals surface area contributed by atoms with Gasteiger partial charge in [0.2, 0.25) is 0 Å². The number of aromatic hydroxyl groups is 2. The van der Waals surface area contributed by atoms with Crippen molar-refractivity contribution in [3.8, 4) is 11.5 Å². The van der Waals surface area contributed by atoms with Gasteiger partial charge in [0.05, 0.1) is 18.7 Å². The first kappa shape index (κ1) is 17.9. The average molecular weight is 293 g/mol. The molecule has 0 atom stereocenters. The molecule has 19 heavy (non-hydrogen) atoms. The highest BCUT2D eigenvalue weighted by Gasteiger charge is 2.09. The second-order valence-corrected chi connectivity index (χ2v) is 4.92. The molecule has 5 N–H and O–H groups in total. The fourth-order valence-electron chi connectivity index (χ4n) is 1.48. The van der Waals surface area contributed by atoms with Crippen LogP contribution in [0.4, 0.5) is 0 Å². The largest absolute Gasteiger partial charge is 0.756 e. The summed E-state index contributed by atoms with van der Waals surface area (Å²) in [6, 6.07) is 4.66. The minimum atomic E-state index is -4.89. The quantitative estimate of drug-likeness (QED) is 0.357. The summed E-state index contributed by atoms with van der Waals surface area (Å²) in [4.78, 5) is 24.3. The number of phenols is 2. The van der Waals surface area contributed by atoms with E-state index in [1.807, 2.05) is 0 Å². The molecule has 7 nitrogen and oxygen atoms in total. The molecule has 0 aliphatic rings. The number of benzene rings is 1. The van der Waals surface area contributed by atoms with Gasteiger partial charge in [-0.2, -0.15) is 0 Å². The molecule has 0 unspecified atom stereocenters. The van der Waals surface area contributed by atoms with E-state index < -0.39 is 7.82 Å². The second kappa shape index (κ2) is 8.14. The van der Waals surface area contributed by atoms with Crippen LogP contribution in [-0.4, -0.2) is 33.1 Å². The minimum absolute atomic E-state index is 0.212. The molecule has 0 aliphatic heterocycles. The number of hydrogen-bond acceptors (Lipinski definition) is 4. The fraction of sp³-hybridized carbons (Fsp3) is 0.455. The van der Waals surface area contributed by atoms with Crippen LogP contribution in [0.1, 0.15) is 19.4 Å². The molecule has 0 bridgehead atoms. The first-order valence-electron chi connectivity index (χ1n) is 5.78. The third-order valence-electron chi connectivity index (χ3n) is 2.50. The van der Waals surface area contributed by atoms with E-state index in [0.717, 1.165) is 25.2 Å². The van der Waals surface area contributed by atoms with Crippen LogP contribution in [0.3, 0.4) is 0 Å². The van der Waals surface area contributed by atoms with E-state index in [2.05, 4.69) is 13.8 Å². The molecule has 110 valence electrons. The number of quaternary nitrogens is 1. The number of rotatable bonds is 4. The zero-order valence-electron chi connectivity index (χ0n) is 10.9. The molecule has 0 amide bonds. The first-order chi connectivity index (χ1) is 8.67. The van der Waals surface area contributed by atoms with Gasteiger partial charge in [0.15, 0.2) is 0 Å². The van der Waals surface area contributed by atoms with Gasteiger partial charge in [-0.15, -0.1) is 0 Å². The van der Waals surface area contributed by atoms with Gasteiger partial charge in [0.1, 0.15) is 18.0 Å². The Morgan fingerprint density at radius 2 is 1.68 bits per heavy atom. The van der Waals surface area contributed by atoms with E-state index in [-0.39, 0.29) is 11.5 Å². The zero-order valence-corrected chi connectivity index (χ0v) is 11.8. The summed E-state index contributed by atoms with van der Waals surface area (Å²) in [6.07, 6.45) is 0. The molecule has 1 rings (SSSR count). The van der Waals surface area contributed by atoms with E-state index >= 15 is 0 Å². The maximum atomic E-state index is 9.55. The molecule has 0 aliphatic carbocycles. The predicted molar refractivity (Wildman–Crippen MR) is 67.6 cm³/mol. The molecule has 0 saturated carbocycles. The van der Waals surface area contributed by atoms with Crippen LogP contribution in [0.5, 0.6) is 11.5 Å². The first-order valence-corrected chi connectivity index (χ1v) is 7.31. The third-order valence-corrected chi connectivity index (χ3v) is 2.50. The molecule has 0 saturated heterocycles. The van der Waals surface area contributed by atoms with Gasteiger partial charge in [0, 0.05) is 0 Å². The summed E-state index contributed by atoms with van der Waals surface area (Å²) in [5.74, 6) is 0.478. The smallest absolute Gasteiger partial charge is 0.262 e. The summed E-state index contributed by atoms with van der Waals surface area (Å²) in [5.41, 5.74) is 0.809. The summed E-state index contributed by atoms with van der Waals surface area (Å²) in [5, 5.41) is 18.8. The third kappa shape index (κ3) is 9.47. The summed E-state index contributed by atoms with van der Waals surface area (Å²) < 4.78 is 8.77. The van der Waals surface area contributed by atoms with Crippen molar-refractivity contribution in [2.24, 2.45) is 0 Å². The van der Waals surface area contributed by atoms with Crippen LogP contribution in [0, 0.1) is 0 Å². The van der Waals surface area contributed by atoms with Crippen LogP contribution < -0.4 is 9.79 Å². The predicted octanol–water partition coefficient (Wildman–Crippen LogP) is -1.04. The van der Waals surface area contributed by atoms with Crippen molar-refractivity contribution in [3.05, 3.63) is 23.8 Å². The maximum absolute atomic E-state index is 9.55. The van der Waals surface area contributed by atoms with Crippen LogP contribution >= 0.6 is 7.82 Å². The molecular weight excluding hydrogens is 273 g/mol. The van der Waals surface area contributed by atoms with E-state index in [4.69, 9.17) is 19.2 Å². The van der Waals surface area contributed by atoms with Gasteiger partial charge in [0.25, 0.3) is 7.82 Å². The van der Waals surface area contributed by atoms with Crippen molar-refractivity contribution in [1.29, 1.82) is 0 Å². The molecule has 0 aromatic heterocycles. The van der Waals surface area contributed by atoms with Crippen LogP contribution in [0.2, 0.25) is 0 Å². The van der Waals surface area contributed by atoms with Gasteiger partial charge in [-0.3, -0.25) is 4.57 Å². The molecule has 0 radical (unpaired) electrons. The molecule has 0 fully saturated rings. The molecule has 0 heterocycles. The van der Waals surface area contributed by atoms with Gasteiger partial charge < -0.3 is 29.8 Å². The van der Waals surface area contributed by atoms with Gasteiger partial charge >= 0.3 is 0 Å². The van der Waals surface area contributed by atoms with Crippen molar-refractivity contribution < 1.29 is 34.4 Å². The topological polar surface area (TPSA) is 125 Å². The number of phosphoric acid groups is 1. The van der Waals surface area contributed by atoms with E-state index in [9.17, 15) is 10.2 Å². The van der Waals surface area contributed by atoms with Crippen molar-refractivity contribution in [2.75, 3.05) is 13.1 Å². The Morgan fingerprint density at radius 1 is 1.21 bits per heavy atom. The lowest BCUT2D eigenvalue weighted by Crippen LogP contribution is -3.10. The summed E-state index contributed by atoms with van der Waals surface area (Å²) in [7, 11) is -4.89. The van der Waals surface area contributed by atoms with Crippen LogP contribution in [0.15, 0.2) is 18.2 Å². The lowest BCUT2D eigenvalue weighted by atomic mass is 10.2. The second-order valence-electron chi connectivity index (χ2n) is 3.94. The van der Waals surface area contributed by atoms with Crippen molar-refractivity contribution in [3.63, 3.8) is 0 Å². The average Bonchev–Trinajstić information content (AvgIpc) is 2.28. The van der Waals surface area contributed by atoms with Gasteiger partial charge in [-0.25, -0.2) is 0 Å². The van der Waals surface area contributed by atoms with Crippen molar-refractivity contribution >= 4 is 7.82 Å². The Bertz CT molecular complexity index is 421. The molecular formula is C11H20NO6P. The van der Waals surface area contributed by atoms with E-state index in [1.54, 1.807) is 6.07 Å².